The zero-order valence-corrected chi connectivity index (χ0v) is 27.3. The van der Waals surface area contributed by atoms with Crippen LogP contribution < -0.4 is 0 Å². The standard InChI is InChI=1S/C44H24N4OS/c1-2-11-25(12-3-1)47-34-17-7-4-13-26(34)28-21-22-29-31-23-32-27-14-5-8-18-36(27)49-37(32)24-35(31)48(43(29)42(28)47)44-45-33-16-10-20-39-40(33)41(46-44)30-15-6-9-19-38(30)50-39/h1-24H. The van der Waals surface area contributed by atoms with Gasteiger partial charge in [-0.25, -0.2) is 9.97 Å². The summed E-state index contributed by atoms with van der Waals surface area (Å²) in [6.45, 7) is 0. The minimum absolute atomic E-state index is 0.638. The summed E-state index contributed by atoms with van der Waals surface area (Å²) in [6, 6.07) is 51.6. The molecule has 7 aromatic carbocycles. The average molecular weight is 657 g/mol. The molecule has 0 saturated heterocycles. The molecule has 11 aromatic rings. The molecule has 0 aliphatic carbocycles. The Balaban J connectivity index is 1.32. The Bertz CT molecular complexity index is 3240. The predicted molar refractivity (Wildman–Crippen MR) is 205 cm³/mol. The summed E-state index contributed by atoms with van der Waals surface area (Å²) in [6.07, 6.45) is 0. The second kappa shape index (κ2) is 9.62. The lowest BCUT2D eigenvalue weighted by Gasteiger charge is -2.20. The van der Waals surface area contributed by atoms with Crippen LogP contribution in [0.15, 0.2) is 160 Å². The lowest BCUT2D eigenvalue weighted by atomic mass is 10.1. The largest absolute Gasteiger partial charge is 0.456 e. The highest BCUT2D eigenvalue weighted by molar-refractivity contribution is 7.99. The molecular formula is C44H24N4OS. The summed E-state index contributed by atoms with van der Waals surface area (Å²) in [4.78, 5) is 13.3. The van der Waals surface area contributed by atoms with E-state index in [2.05, 4.69) is 143 Å². The highest BCUT2D eigenvalue weighted by atomic mass is 32.2. The van der Waals surface area contributed by atoms with E-state index in [1.807, 2.05) is 12.1 Å². The van der Waals surface area contributed by atoms with Crippen molar-refractivity contribution in [3.63, 3.8) is 0 Å². The molecule has 0 fully saturated rings. The van der Waals surface area contributed by atoms with Gasteiger partial charge in [0.15, 0.2) is 0 Å². The van der Waals surface area contributed by atoms with Crippen LogP contribution in [0.25, 0.3) is 99.3 Å². The van der Waals surface area contributed by atoms with Gasteiger partial charge in [0.1, 0.15) is 11.2 Å². The maximum Gasteiger partial charge on any atom is 0.235 e. The third-order valence-corrected chi connectivity index (χ3v) is 11.4. The average Bonchev–Trinajstić information content (AvgIpc) is 3.81. The summed E-state index contributed by atoms with van der Waals surface area (Å²) in [5, 5.41) is 7.97. The minimum Gasteiger partial charge on any atom is -0.456 e. The number of benzene rings is 7. The molecule has 50 heavy (non-hydrogen) atoms. The van der Waals surface area contributed by atoms with E-state index in [1.165, 1.54) is 20.6 Å². The third kappa shape index (κ3) is 3.43. The first-order valence-corrected chi connectivity index (χ1v) is 17.6. The molecule has 0 bridgehead atoms. The second-order valence-corrected chi connectivity index (χ2v) is 14.0. The van der Waals surface area contributed by atoms with Crippen molar-refractivity contribution in [1.82, 2.24) is 19.1 Å². The first-order valence-electron chi connectivity index (χ1n) is 16.8. The molecule has 0 radical (unpaired) electrons. The quantitative estimate of drug-likeness (QED) is 0.186. The van der Waals surface area contributed by atoms with Crippen molar-refractivity contribution in [3.8, 4) is 22.9 Å². The predicted octanol–water partition coefficient (Wildman–Crippen LogP) is 11.9. The Morgan fingerprint density at radius 3 is 2.14 bits per heavy atom. The summed E-state index contributed by atoms with van der Waals surface area (Å²) in [5.74, 6) is 0.638. The zero-order valence-electron chi connectivity index (χ0n) is 26.5. The molecule has 1 aliphatic rings. The number of hydrogen-bond donors (Lipinski definition) is 0. The molecule has 6 heteroatoms. The summed E-state index contributed by atoms with van der Waals surface area (Å²) in [5.41, 5.74) is 10.2. The van der Waals surface area contributed by atoms with Gasteiger partial charge in [-0.3, -0.25) is 4.57 Å². The van der Waals surface area contributed by atoms with Crippen molar-refractivity contribution in [2.45, 2.75) is 9.79 Å². The van der Waals surface area contributed by atoms with Gasteiger partial charge in [0, 0.05) is 64.8 Å². The van der Waals surface area contributed by atoms with Gasteiger partial charge in [-0.15, -0.1) is 0 Å². The number of hydrogen-bond acceptors (Lipinski definition) is 4. The Morgan fingerprint density at radius 1 is 0.480 bits per heavy atom. The number of fused-ring (bicyclic) bond motifs is 12. The van der Waals surface area contributed by atoms with Gasteiger partial charge in [-0.2, -0.15) is 0 Å². The van der Waals surface area contributed by atoms with Crippen LogP contribution in [-0.4, -0.2) is 19.1 Å². The van der Waals surface area contributed by atoms with Crippen LogP contribution in [-0.2, 0) is 0 Å². The maximum atomic E-state index is 6.50. The van der Waals surface area contributed by atoms with Crippen LogP contribution in [0.4, 0.5) is 0 Å². The fourth-order valence-electron chi connectivity index (χ4n) is 8.21. The summed E-state index contributed by atoms with van der Waals surface area (Å²) >= 11 is 1.79. The molecule has 0 amide bonds. The van der Waals surface area contributed by atoms with Crippen molar-refractivity contribution in [2.75, 3.05) is 0 Å². The van der Waals surface area contributed by atoms with E-state index in [0.29, 0.717) is 5.95 Å². The van der Waals surface area contributed by atoms with E-state index >= 15 is 0 Å². The van der Waals surface area contributed by atoms with Gasteiger partial charge in [-0.05, 0) is 48.5 Å². The lowest BCUT2D eigenvalue weighted by Crippen LogP contribution is -2.06. The molecule has 0 atom stereocenters. The molecule has 0 unspecified atom stereocenters. The van der Waals surface area contributed by atoms with Crippen LogP contribution in [0, 0.1) is 0 Å². The van der Waals surface area contributed by atoms with Crippen LogP contribution in [0.5, 0.6) is 0 Å². The number of para-hydroxylation sites is 3. The van der Waals surface area contributed by atoms with E-state index < -0.39 is 0 Å². The summed E-state index contributed by atoms with van der Waals surface area (Å²) in [7, 11) is 0. The van der Waals surface area contributed by atoms with Crippen LogP contribution in [0.1, 0.15) is 0 Å². The SMILES string of the molecule is c1ccc(-n2c3ccccc3c3ccc4c5cc6c(cc5n(-c5nc7c8c(cccc8n5)Sc5ccccc5-7)c4c32)oc2ccccc26)cc1. The highest BCUT2D eigenvalue weighted by Gasteiger charge is 2.26. The van der Waals surface area contributed by atoms with Crippen molar-refractivity contribution in [1.29, 1.82) is 0 Å². The van der Waals surface area contributed by atoms with Gasteiger partial charge >= 0.3 is 0 Å². The highest BCUT2D eigenvalue weighted by Crippen LogP contribution is 2.48. The molecule has 0 N–H and O–H groups in total. The second-order valence-electron chi connectivity index (χ2n) is 13.0. The van der Waals surface area contributed by atoms with E-state index in [-0.39, 0.29) is 0 Å². The molecule has 1 aliphatic heterocycles. The molecule has 5 nitrogen and oxygen atoms in total. The fourth-order valence-corrected chi connectivity index (χ4v) is 9.32. The number of rotatable bonds is 2. The Kier molecular flexibility index (Phi) is 5.11. The topological polar surface area (TPSA) is 48.8 Å². The first kappa shape index (κ1) is 26.6. The van der Waals surface area contributed by atoms with Crippen LogP contribution in [0.3, 0.4) is 0 Å². The Hall–Kier alpha value is -6.37. The zero-order chi connectivity index (χ0) is 32.5. The lowest BCUT2D eigenvalue weighted by molar-refractivity contribution is 0.669. The number of nitrogens with zero attached hydrogens (tertiary/aromatic N) is 4. The third-order valence-electron chi connectivity index (χ3n) is 10.3. The van der Waals surface area contributed by atoms with Crippen LogP contribution in [0.2, 0.25) is 0 Å². The van der Waals surface area contributed by atoms with E-state index in [4.69, 9.17) is 14.4 Å². The van der Waals surface area contributed by atoms with Crippen molar-refractivity contribution in [3.05, 3.63) is 146 Å². The molecule has 0 saturated carbocycles. The van der Waals surface area contributed by atoms with Crippen LogP contribution >= 0.6 is 11.8 Å². The number of aromatic nitrogens is 4. The monoisotopic (exact) mass is 656 g/mol. The minimum atomic E-state index is 0.638. The van der Waals surface area contributed by atoms with Gasteiger partial charge in [0.25, 0.3) is 0 Å². The molecular weight excluding hydrogens is 633 g/mol. The van der Waals surface area contributed by atoms with Gasteiger partial charge in [-0.1, -0.05) is 103 Å². The Morgan fingerprint density at radius 2 is 1.22 bits per heavy atom. The van der Waals surface area contributed by atoms with Gasteiger partial charge < -0.3 is 8.98 Å². The van der Waals surface area contributed by atoms with Crippen molar-refractivity contribution >= 4 is 88.2 Å². The maximum absolute atomic E-state index is 6.50. The molecule has 4 aromatic heterocycles. The molecule has 0 spiro atoms. The first-order chi connectivity index (χ1) is 24.8. The smallest absolute Gasteiger partial charge is 0.235 e. The van der Waals surface area contributed by atoms with Crippen molar-refractivity contribution < 1.29 is 4.42 Å². The van der Waals surface area contributed by atoms with Gasteiger partial charge in [0.2, 0.25) is 5.95 Å². The normalized spacial score (nSPS) is 12.7. The molecule has 5 heterocycles. The van der Waals surface area contributed by atoms with E-state index in [9.17, 15) is 0 Å². The van der Waals surface area contributed by atoms with Gasteiger partial charge in [0.05, 0.1) is 33.3 Å². The Labute approximate surface area is 289 Å². The molecule has 12 rings (SSSR count). The van der Waals surface area contributed by atoms with Crippen molar-refractivity contribution in [2.24, 2.45) is 0 Å². The van der Waals surface area contributed by atoms with E-state index in [1.54, 1.807) is 11.8 Å². The fraction of sp³-hybridized carbons (Fsp3) is 0. The van der Waals surface area contributed by atoms with E-state index in [0.717, 1.165) is 82.6 Å². The molecule has 232 valence electrons. The number of furan rings is 1. The summed E-state index contributed by atoms with van der Waals surface area (Å²) < 4.78 is 11.2.